The van der Waals surface area contributed by atoms with Crippen LogP contribution in [0.4, 0.5) is 4.39 Å². The molecule has 2 aromatic carbocycles. The Bertz CT molecular complexity index is 599. The van der Waals surface area contributed by atoms with E-state index in [1.165, 1.54) is 6.07 Å². The summed E-state index contributed by atoms with van der Waals surface area (Å²) in [5.74, 6) is -1.12. The SMILES string of the molecule is CC(CNC(=O)c1cc(F)ccc1O)c1ccccc1. The van der Waals surface area contributed by atoms with Gasteiger partial charge in [-0.15, -0.1) is 0 Å². The predicted molar refractivity (Wildman–Crippen MR) is 75.3 cm³/mol. The highest BCUT2D eigenvalue weighted by Gasteiger charge is 2.13. The Labute approximate surface area is 117 Å². The average molecular weight is 273 g/mol. The summed E-state index contributed by atoms with van der Waals surface area (Å²) in [5, 5.41) is 12.3. The van der Waals surface area contributed by atoms with E-state index in [1.54, 1.807) is 0 Å². The van der Waals surface area contributed by atoms with Crippen molar-refractivity contribution in [2.24, 2.45) is 0 Å². The molecule has 0 aliphatic rings. The van der Waals surface area contributed by atoms with Crippen molar-refractivity contribution < 1.29 is 14.3 Å². The van der Waals surface area contributed by atoms with Crippen LogP contribution in [0.5, 0.6) is 5.75 Å². The van der Waals surface area contributed by atoms with Crippen LogP contribution in [0, 0.1) is 5.82 Å². The van der Waals surface area contributed by atoms with Gasteiger partial charge in [0.25, 0.3) is 5.91 Å². The van der Waals surface area contributed by atoms with Crippen LogP contribution in [0.15, 0.2) is 48.5 Å². The molecule has 0 heterocycles. The number of aromatic hydroxyl groups is 1. The van der Waals surface area contributed by atoms with E-state index in [1.807, 2.05) is 37.3 Å². The summed E-state index contributed by atoms with van der Waals surface area (Å²) in [4.78, 5) is 11.9. The van der Waals surface area contributed by atoms with Crippen molar-refractivity contribution in [3.05, 3.63) is 65.5 Å². The highest BCUT2D eigenvalue weighted by Crippen LogP contribution is 2.18. The van der Waals surface area contributed by atoms with Gasteiger partial charge in [0.2, 0.25) is 0 Å². The van der Waals surface area contributed by atoms with Gasteiger partial charge in [0.15, 0.2) is 0 Å². The standard InChI is InChI=1S/C16H16FNO2/c1-11(12-5-3-2-4-6-12)10-18-16(20)14-9-13(17)7-8-15(14)19/h2-9,11,19H,10H2,1H3,(H,18,20). The van der Waals surface area contributed by atoms with Gasteiger partial charge in [-0.3, -0.25) is 4.79 Å². The monoisotopic (exact) mass is 273 g/mol. The lowest BCUT2D eigenvalue weighted by Gasteiger charge is -2.13. The van der Waals surface area contributed by atoms with Crippen LogP contribution in [0.1, 0.15) is 28.8 Å². The molecular formula is C16H16FNO2. The first-order valence-corrected chi connectivity index (χ1v) is 6.39. The fraction of sp³-hybridized carbons (Fsp3) is 0.188. The van der Waals surface area contributed by atoms with Crippen LogP contribution in [0.25, 0.3) is 0 Å². The van der Waals surface area contributed by atoms with E-state index in [9.17, 15) is 14.3 Å². The van der Waals surface area contributed by atoms with Gasteiger partial charge < -0.3 is 10.4 Å². The number of benzene rings is 2. The Morgan fingerprint density at radius 1 is 1.25 bits per heavy atom. The molecule has 2 aromatic rings. The lowest BCUT2D eigenvalue weighted by molar-refractivity contribution is 0.0948. The smallest absolute Gasteiger partial charge is 0.255 e. The summed E-state index contributed by atoms with van der Waals surface area (Å²) >= 11 is 0. The van der Waals surface area contributed by atoms with Gasteiger partial charge in [-0.2, -0.15) is 0 Å². The van der Waals surface area contributed by atoms with E-state index in [0.717, 1.165) is 17.7 Å². The minimum atomic E-state index is -0.552. The first kappa shape index (κ1) is 14.1. The zero-order valence-electron chi connectivity index (χ0n) is 11.1. The topological polar surface area (TPSA) is 49.3 Å². The maximum Gasteiger partial charge on any atom is 0.255 e. The molecule has 0 saturated carbocycles. The maximum atomic E-state index is 13.1. The van der Waals surface area contributed by atoms with Crippen LogP contribution >= 0.6 is 0 Å². The molecule has 1 unspecified atom stereocenters. The Morgan fingerprint density at radius 2 is 1.95 bits per heavy atom. The quantitative estimate of drug-likeness (QED) is 0.899. The van der Waals surface area contributed by atoms with Crippen molar-refractivity contribution in [2.75, 3.05) is 6.54 Å². The molecule has 2 N–H and O–H groups in total. The largest absolute Gasteiger partial charge is 0.507 e. The molecule has 0 saturated heterocycles. The van der Waals surface area contributed by atoms with Crippen molar-refractivity contribution >= 4 is 5.91 Å². The van der Waals surface area contributed by atoms with Gasteiger partial charge in [-0.25, -0.2) is 4.39 Å². The number of nitrogens with one attached hydrogen (secondary N) is 1. The summed E-state index contributed by atoms with van der Waals surface area (Å²) in [6.45, 7) is 2.40. The summed E-state index contributed by atoms with van der Waals surface area (Å²) in [7, 11) is 0. The number of carbonyl (C=O) groups is 1. The third-order valence-electron chi connectivity index (χ3n) is 3.14. The van der Waals surface area contributed by atoms with Crippen molar-refractivity contribution in [2.45, 2.75) is 12.8 Å². The number of phenolic OH excluding ortho intramolecular Hbond substituents is 1. The van der Waals surface area contributed by atoms with E-state index >= 15 is 0 Å². The van der Waals surface area contributed by atoms with Gasteiger partial charge in [0, 0.05) is 6.54 Å². The minimum Gasteiger partial charge on any atom is -0.507 e. The van der Waals surface area contributed by atoms with Crippen LogP contribution < -0.4 is 5.32 Å². The second kappa shape index (κ2) is 6.19. The molecule has 0 bridgehead atoms. The van der Waals surface area contributed by atoms with Crippen LogP contribution in [0.2, 0.25) is 0 Å². The number of hydrogen-bond acceptors (Lipinski definition) is 2. The average Bonchev–Trinajstić information content (AvgIpc) is 2.47. The van der Waals surface area contributed by atoms with Gasteiger partial charge in [-0.1, -0.05) is 37.3 Å². The predicted octanol–water partition coefficient (Wildman–Crippen LogP) is 3.06. The molecule has 104 valence electrons. The van der Waals surface area contributed by atoms with Crippen LogP contribution in [-0.2, 0) is 0 Å². The van der Waals surface area contributed by atoms with Gasteiger partial charge >= 0.3 is 0 Å². The number of hydrogen-bond donors (Lipinski definition) is 2. The van der Waals surface area contributed by atoms with E-state index < -0.39 is 11.7 Å². The first-order chi connectivity index (χ1) is 9.58. The molecule has 0 aromatic heterocycles. The maximum absolute atomic E-state index is 13.1. The molecule has 0 aliphatic carbocycles. The van der Waals surface area contributed by atoms with E-state index in [-0.39, 0.29) is 17.2 Å². The van der Waals surface area contributed by atoms with E-state index in [0.29, 0.717) is 6.54 Å². The Hall–Kier alpha value is -2.36. The zero-order chi connectivity index (χ0) is 14.5. The number of halogens is 1. The van der Waals surface area contributed by atoms with Crippen LogP contribution in [0.3, 0.4) is 0 Å². The molecule has 20 heavy (non-hydrogen) atoms. The van der Waals surface area contributed by atoms with E-state index in [4.69, 9.17) is 0 Å². The van der Waals surface area contributed by atoms with Crippen molar-refractivity contribution in [3.63, 3.8) is 0 Å². The molecule has 1 amide bonds. The lowest BCUT2D eigenvalue weighted by Crippen LogP contribution is -2.27. The normalized spacial score (nSPS) is 11.9. The van der Waals surface area contributed by atoms with Gasteiger partial charge in [0.1, 0.15) is 11.6 Å². The Balaban J connectivity index is 2.00. The zero-order valence-corrected chi connectivity index (χ0v) is 11.1. The molecule has 0 radical (unpaired) electrons. The number of phenols is 1. The molecule has 0 spiro atoms. The number of amides is 1. The van der Waals surface area contributed by atoms with Crippen molar-refractivity contribution in [1.82, 2.24) is 5.32 Å². The summed E-state index contributed by atoms with van der Waals surface area (Å²) in [5.41, 5.74) is 1.06. The fourth-order valence-corrected chi connectivity index (χ4v) is 1.93. The molecule has 0 fully saturated rings. The van der Waals surface area contributed by atoms with Gasteiger partial charge in [-0.05, 0) is 29.7 Å². The molecule has 4 heteroatoms. The second-order valence-corrected chi connectivity index (χ2v) is 4.68. The highest BCUT2D eigenvalue weighted by molar-refractivity contribution is 5.96. The molecule has 3 nitrogen and oxygen atoms in total. The fourth-order valence-electron chi connectivity index (χ4n) is 1.93. The number of carbonyl (C=O) groups excluding carboxylic acids is 1. The molecule has 1 atom stereocenters. The third-order valence-corrected chi connectivity index (χ3v) is 3.14. The summed E-state index contributed by atoms with van der Waals surface area (Å²) in [6.07, 6.45) is 0. The van der Waals surface area contributed by atoms with Crippen LogP contribution in [-0.4, -0.2) is 17.6 Å². The Kier molecular flexibility index (Phi) is 4.35. The molecular weight excluding hydrogens is 257 g/mol. The summed E-state index contributed by atoms with van der Waals surface area (Å²) < 4.78 is 13.1. The first-order valence-electron chi connectivity index (χ1n) is 6.39. The second-order valence-electron chi connectivity index (χ2n) is 4.68. The van der Waals surface area contributed by atoms with Gasteiger partial charge in [0.05, 0.1) is 5.56 Å². The van der Waals surface area contributed by atoms with Crippen molar-refractivity contribution in [1.29, 1.82) is 0 Å². The lowest BCUT2D eigenvalue weighted by atomic mass is 10.0. The Morgan fingerprint density at radius 3 is 2.65 bits per heavy atom. The minimum absolute atomic E-state index is 0.0507. The molecule has 0 aliphatic heterocycles. The van der Waals surface area contributed by atoms with Crippen molar-refractivity contribution in [3.8, 4) is 5.75 Å². The third kappa shape index (κ3) is 3.35. The molecule has 2 rings (SSSR count). The summed E-state index contributed by atoms with van der Waals surface area (Å²) in [6, 6.07) is 13.1. The van der Waals surface area contributed by atoms with E-state index in [2.05, 4.69) is 5.32 Å². The highest BCUT2D eigenvalue weighted by atomic mass is 19.1. The number of rotatable bonds is 4.